The van der Waals surface area contributed by atoms with Gasteiger partial charge in [0.05, 0.1) is 15.7 Å². The van der Waals surface area contributed by atoms with E-state index in [4.69, 9.17) is 28.9 Å². The highest BCUT2D eigenvalue weighted by atomic mass is 35.5. The smallest absolute Gasteiger partial charge is 0.0825 e. The molecule has 2 fully saturated rings. The van der Waals surface area contributed by atoms with Crippen LogP contribution in [0.2, 0.25) is 10.0 Å². The second-order valence-corrected chi connectivity index (χ2v) is 7.43. The summed E-state index contributed by atoms with van der Waals surface area (Å²) in [7, 11) is 0. The van der Waals surface area contributed by atoms with E-state index in [1.165, 1.54) is 32.2 Å². The Labute approximate surface area is 143 Å². The van der Waals surface area contributed by atoms with E-state index < -0.39 is 0 Å². The number of hydrogen-bond acceptors (Lipinski definition) is 3. The molecule has 0 amide bonds. The zero-order valence-electron chi connectivity index (χ0n) is 13.0. The predicted molar refractivity (Wildman–Crippen MR) is 95.0 cm³/mol. The molecular formula is C17H25Cl2N3. The van der Waals surface area contributed by atoms with Crippen molar-refractivity contribution in [1.29, 1.82) is 0 Å². The van der Waals surface area contributed by atoms with E-state index in [0.717, 1.165) is 37.8 Å². The fourth-order valence-corrected chi connectivity index (χ4v) is 3.99. The Hall–Kier alpha value is -0.480. The number of nitrogens with two attached hydrogens (primary N) is 1. The van der Waals surface area contributed by atoms with Gasteiger partial charge in [0.1, 0.15) is 0 Å². The molecule has 22 heavy (non-hydrogen) atoms. The first-order valence-corrected chi connectivity index (χ1v) is 9.06. The van der Waals surface area contributed by atoms with Crippen LogP contribution in [0.3, 0.4) is 0 Å². The molecule has 1 aliphatic heterocycles. The number of nitrogens with zero attached hydrogens (tertiary/aromatic N) is 2. The Morgan fingerprint density at radius 2 is 1.82 bits per heavy atom. The van der Waals surface area contributed by atoms with E-state index in [9.17, 15) is 0 Å². The van der Waals surface area contributed by atoms with E-state index in [-0.39, 0.29) is 0 Å². The van der Waals surface area contributed by atoms with Gasteiger partial charge in [-0.3, -0.25) is 4.90 Å². The molecule has 2 N–H and O–H groups in total. The summed E-state index contributed by atoms with van der Waals surface area (Å²) >= 11 is 12.4. The lowest BCUT2D eigenvalue weighted by Gasteiger charge is -2.37. The molecule has 3 nitrogen and oxygen atoms in total. The van der Waals surface area contributed by atoms with Gasteiger partial charge in [0.15, 0.2) is 0 Å². The van der Waals surface area contributed by atoms with Crippen molar-refractivity contribution in [2.45, 2.75) is 31.7 Å². The lowest BCUT2D eigenvalue weighted by atomic mass is 9.78. The molecule has 2 aliphatic rings. The highest BCUT2D eigenvalue weighted by Crippen LogP contribution is 2.33. The quantitative estimate of drug-likeness (QED) is 0.887. The van der Waals surface area contributed by atoms with E-state index in [2.05, 4.69) is 15.9 Å². The zero-order valence-corrected chi connectivity index (χ0v) is 14.5. The van der Waals surface area contributed by atoms with Gasteiger partial charge in [-0.1, -0.05) is 29.3 Å². The van der Waals surface area contributed by atoms with E-state index in [0.29, 0.717) is 16.1 Å². The largest absolute Gasteiger partial charge is 0.368 e. The molecule has 1 saturated heterocycles. The Morgan fingerprint density at radius 1 is 1.09 bits per heavy atom. The molecule has 1 saturated carbocycles. The molecule has 0 unspecified atom stereocenters. The highest BCUT2D eigenvalue weighted by Gasteiger charge is 2.25. The number of piperazine rings is 1. The number of rotatable bonds is 5. The number of benzene rings is 1. The lowest BCUT2D eigenvalue weighted by Crippen LogP contribution is -2.47. The molecule has 0 bridgehead atoms. The minimum absolute atomic E-state index is 0.482. The molecule has 1 aromatic carbocycles. The van der Waals surface area contributed by atoms with Crippen LogP contribution in [0.15, 0.2) is 18.2 Å². The van der Waals surface area contributed by atoms with Crippen LogP contribution < -0.4 is 10.6 Å². The van der Waals surface area contributed by atoms with Crippen LogP contribution in [-0.2, 0) is 0 Å². The van der Waals surface area contributed by atoms with Crippen LogP contribution >= 0.6 is 23.2 Å². The van der Waals surface area contributed by atoms with E-state index >= 15 is 0 Å². The Kier molecular flexibility index (Phi) is 5.50. The number of anilines is 1. The molecule has 3 rings (SSSR count). The average molecular weight is 342 g/mol. The second kappa shape index (κ2) is 7.39. The summed E-state index contributed by atoms with van der Waals surface area (Å²) < 4.78 is 0. The maximum Gasteiger partial charge on any atom is 0.0825 e. The molecular weight excluding hydrogens is 317 g/mol. The monoisotopic (exact) mass is 341 g/mol. The Morgan fingerprint density at radius 3 is 2.50 bits per heavy atom. The van der Waals surface area contributed by atoms with Gasteiger partial charge in [-0.25, -0.2) is 0 Å². The summed E-state index contributed by atoms with van der Waals surface area (Å²) in [5.41, 5.74) is 6.91. The topological polar surface area (TPSA) is 32.5 Å². The molecule has 0 aromatic heterocycles. The summed E-state index contributed by atoms with van der Waals surface area (Å²) in [5.74, 6) is 0.890. The van der Waals surface area contributed by atoms with Crippen molar-refractivity contribution in [1.82, 2.24) is 4.90 Å². The molecule has 122 valence electrons. The molecule has 1 aliphatic carbocycles. The summed E-state index contributed by atoms with van der Waals surface area (Å²) in [6, 6.07) is 6.36. The fourth-order valence-electron chi connectivity index (χ4n) is 3.58. The van der Waals surface area contributed by atoms with E-state index in [1.807, 2.05) is 12.1 Å². The molecule has 5 heteroatoms. The van der Waals surface area contributed by atoms with Crippen molar-refractivity contribution in [3.63, 3.8) is 0 Å². The van der Waals surface area contributed by atoms with Gasteiger partial charge in [0.2, 0.25) is 0 Å². The molecule has 1 heterocycles. The SMILES string of the molecule is NC1CC(CCCN2CCN(c3cccc(Cl)c3Cl)CC2)C1. The van der Waals surface area contributed by atoms with Gasteiger partial charge in [-0.05, 0) is 50.3 Å². The zero-order chi connectivity index (χ0) is 15.5. The van der Waals surface area contributed by atoms with Gasteiger partial charge in [0.25, 0.3) is 0 Å². The first-order valence-electron chi connectivity index (χ1n) is 8.30. The van der Waals surface area contributed by atoms with Gasteiger partial charge < -0.3 is 10.6 Å². The molecule has 0 radical (unpaired) electrons. The minimum Gasteiger partial charge on any atom is -0.368 e. The molecule has 0 spiro atoms. The molecule has 0 atom stereocenters. The summed E-state index contributed by atoms with van der Waals surface area (Å²) in [6.45, 7) is 5.46. The van der Waals surface area contributed by atoms with Crippen LogP contribution in [0.5, 0.6) is 0 Å². The van der Waals surface area contributed by atoms with Crippen LogP contribution in [0.1, 0.15) is 25.7 Å². The van der Waals surface area contributed by atoms with Crippen molar-refractivity contribution in [2.24, 2.45) is 11.7 Å². The van der Waals surface area contributed by atoms with Crippen molar-refractivity contribution in [2.75, 3.05) is 37.6 Å². The minimum atomic E-state index is 0.482. The van der Waals surface area contributed by atoms with Gasteiger partial charge in [-0.2, -0.15) is 0 Å². The van der Waals surface area contributed by atoms with Gasteiger partial charge in [0, 0.05) is 32.2 Å². The Balaban J connectivity index is 1.41. The van der Waals surface area contributed by atoms with E-state index in [1.54, 1.807) is 0 Å². The van der Waals surface area contributed by atoms with Crippen LogP contribution in [-0.4, -0.2) is 43.7 Å². The van der Waals surface area contributed by atoms with Crippen molar-refractivity contribution < 1.29 is 0 Å². The summed E-state index contributed by atoms with van der Waals surface area (Å²) in [5, 5.41) is 1.32. The van der Waals surface area contributed by atoms with Crippen LogP contribution in [0.4, 0.5) is 5.69 Å². The lowest BCUT2D eigenvalue weighted by molar-refractivity contribution is 0.211. The third-order valence-corrected chi connectivity index (χ3v) is 5.81. The Bertz CT molecular complexity index is 495. The van der Waals surface area contributed by atoms with Crippen molar-refractivity contribution in [3.8, 4) is 0 Å². The third-order valence-electron chi connectivity index (χ3n) is 5.00. The number of hydrogen-bond donors (Lipinski definition) is 1. The second-order valence-electron chi connectivity index (χ2n) is 6.64. The maximum atomic E-state index is 6.32. The fraction of sp³-hybridized carbons (Fsp3) is 0.647. The molecule has 1 aromatic rings. The number of halogens is 2. The first-order chi connectivity index (χ1) is 10.6. The van der Waals surface area contributed by atoms with Gasteiger partial charge >= 0.3 is 0 Å². The van der Waals surface area contributed by atoms with Crippen LogP contribution in [0.25, 0.3) is 0 Å². The average Bonchev–Trinajstić information content (AvgIpc) is 2.49. The van der Waals surface area contributed by atoms with Gasteiger partial charge in [-0.15, -0.1) is 0 Å². The predicted octanol–water partition coefficient (Wildman–Crippen LogP) is 3.63. The highest BCUT2D eigenvalue weighted by molar-refractivity contribution is 6.43. The standard InChI is InChI=1S/C17H25Cl2N3/c18-15-4-1-5-16(17(15)19)22-9-7-21(8-10-22)6-2-3-13-11-14(20)12-13/h1,4-5,13-14H,2-3,6-12,20H2. The third kappa shape index (κ3) is 3.88. The van der Waals surface area contributed by atoms with Crippen LogP contribution in [0, 0.1) is 5.92 Å². The first kappa shape index (κ1) is 16.4. The summed E-state index contributed by atoms with van der Waals surface area (Å²) in [6.07, 6.45) is 5.12. The van der Waals surface area contributed by atoms with Crippen molar-refractivity contribution >= 4 is 28.9 Å². The maximum absolute atomic E-state index is 6.32. The summed E-state index contributed by atoms with van der Waals surface area (Å²) in [4.78, 5) is 4.91. The normalized spacial score (nSPS) is 26.0. The van der Waals surface area contributed by atoms with Crippen molar-refractivity contribution in [3.05, 3.63) is 28.2 Å².